The van der Waals surface area contributed by atoms with Gasteiger partial charge in [-0.25, -0.2) is 9.36 Å². The third kappa shape index (κ3) is 2.13. The van der Waals surface area contributed by atoms with Gasteiger partial charge in [-0.15, -0.1) is 0 Å². The Labute approximate surface area is 129 Å². The molecule has 0 spiro atoms. The smallest absolute Gasteiger partial charge is 0.265 e. The van der Waals surface area contributed by atoms with E-state index in [4.69, 9.17) is 0 Å². The first-order valence-corrected chi connectivity index (χ1v) is 7.57. The molecule has 5 nitrogen and oxygen atoms in total. The van der Waals surface area contributed by atoms with Gasteiger partial charge in [-0.05, 0) is 38.8 Å². The van der Waals surface area contributed by atoms with Crippen molar-refractivity contribution in [3.63, 3.8) is 0 Å². The molecule has 5 heteroatoms. The van der Waals surface area contributed by atoms with Crippen LogP contribution in [0, 0.1) is 13.8 Å². The maximum atomic E-state index is 12.9. The van der Waals surface area contributed by atoms with E-state index in [1.165, 1.54) is 0 Å². The predicted octanol–water partition coefficient (Wildman–Crippen LogP) is 3.17. The zero-order valence-electron chi connectivity index (χ0n) is 13.4. The van der Waals surface area contributed by atoms with Crippen molar-refractivity contribution in [3.05, 3.63) is 52.1 Å². The molecule has 0 aliphatic carbocycles. The Morgan fingerprint density at radius 1 is 1.23 bits per heavy atom. The summed E-state index contributed by atoms with van der Waals surface area (Å²) in [6.07, 6.45) is 2.59. The van der Waals surface area contributed by atoms with E-state index >= 15 is 0 Å². The molecule has 3 aromatic rings. The zero-order valence-corrected chi connectivity index (χ0v) is 13.4. The van der Waals surface area contributed by atoms with Crippen molar-refractivity contribution >= 4 is 10.9 Å². The molecule has 0 N–H and O–H groups in total. The lowest BCUT2D eigenvalue weighted by atomic mass is 10.2. The first-order valence-electron chi connectivity index (χ1n) is 7.57. The van der Waals surface area contributed by atoms with Gasteiger partial charge in [-0.2, -0.15) is 10.2 Å². The topological polar surface area (TPSA) is 52.7 Å². The van der Waals surface area contributed by atoms with E-state index in [0.717, 1.165) is 28.8 Å². The number of benzene rings is 1. The molecule has 114 valence electrons. The van der Waals surface area contributed by atoms with Gasteiger partial charge in [0, 0.05) is 5.39 Å². The zero-order chi connectivity index (χ0) is 15.9. The number of hydrogen-bond acceptors (Lipinski definition) is 3. The van der Waals surface area contributed by atoms with E-state index in [1.54, 1.807) is 15.6 Å². The summed E-state index contributed by atoms with van der Waals surface area (Å²) < 4.78 is 3.31. The van der Waals surface area contributed by atoms with Crippen LogP contribution in [0.5, 0.6) is 0 Å². The minimum absolute atomic E-state index is 0.0656. The molecule has 1 unspecified atom stereocenters. The fourth-order valence-corrected chi connectivity index (χ4v) is 2.64. The summed E-state index contributed by atoms with van der Waals surface area (Å²) in [5.41, 5.74) is 3.35. The quantitative estimate of drug-likeness (QED) is 0.746. The summed E-state index contributed by atoms with van der Waals surface area (Å²) in [6.45, 7) is 8.00. The number of hydrogen-bond donors (Lipinski definition) is 0. The summed E-state index contributed by atoms with van der Waals surface area (Å²) in [4.78, 5) is 12.9. The maximum absolute atomic E-state index is 12.9. The van der Waals surface area contributed by atoms with Gasteiger partial charge in [0.15, 0.2) is 0 Å². The minimum atomic E-state index is -0.0873. The Hall–Kier alpha value is -2.43. The van der Waals surface area contributed by atoms with Crippen LogP contribution in [0.15, 0.2) is 35.3 Å². The van der Waals surface area contributed by atoms with E-state index in [1.807, 2.05) is 45.0 Å². The van der Waals surface area contributed by atoms with Crippen LogP contribution in [0.3, 0.4) is 0 Å². The molecule has 3 rings (SSSR count). The molecule has 2 heterocycles. The Morgan fingerprint density at radius 2 is 1.95 bits per heavy atom. The molecule has 1 aromatic carbocycles. The van der Waals surface area contributed by atoms with Crippen LogP contribution >= 0.6 is 0 Å². The van der Waals surface area contributed by atoms with Gasteiger partial charge >= 0.3 is 0 Å². The number of rotatable bonds is 3. The lowest BCUT2D eigenvalue weighted by Crippen LogP contribution is -2.28. The number of aryl methyl sites for hydroxylation is 2. The summed E-state index contributed by atoms with van der Waals surface area (Å²) in [7, 11) is 0. The van der Waals surface area contributed by atoms with Crippen LogP contribution in [0.4, 0.5) is 0 Å². The SMILES string of the molecule is CCC(C)n1nc(C)c2cnn(-c3ccccc3C)c2c1=O. The second kappa shape index (κ2) is 5.40. The molecule has 0 saturated carbocycles. The lowest BCUT2D eigenvalue weighted by Gasteiger charge is -2.13. The molecule has 0 radical (unpaired) electrons. The van der Waals surface area contributed by atoms with Crippen molar-refractivity contribution in [2.45, 2.75) is 40.2 Å². The van der Waals surface area contributed by atoms with Gasteiger partial charge in [0.05, 0.1) is 23.6 Å². The average molecular weight is 296 g/mol. The average Bonchev–Trinajstić information content (AvgIpc) is 2.96. The summed E-state index contributed by atoms with van der Waals surface area (Å²) in [5, 5.41) is 9.70. The van der Waals surface area contributed by atoms with Crippen LogP contribution < -0.4 is 5.56 Å². The fourth-order valence-electron chi connectivity index (χ4n) is 2.64. The van der Waals surface area contributed by atoms with Crippen molar-refractivity contribution in [2.24, 2.45) is 0 Å². The highest BCUT2D eigenvalue weighted by Gasteiger charge is 2.17. The Kier molecular flexibility index (Phi) is 3.56. The fraction of sp³-hybridized carbons (Fsp3) is 0.353. The molecule has 0 aliphatic rings. The molecule has 0 fully saturated rings. The summed E-state index contributed by atoms with van der Waals surface area (Å²) in [6, 6.07) is 8.00. The summed E-state index contributed by atoms with van der Waals surface area (Å²) >= 11 is 0. The first kappa shape index (κ1) is 14.5. The van der Waals surface area contributed by atoms with Gasteiger partial charge in [0.25, 0.3) is 5.56 Å². The highest BCUT2D eigenvalue weighted by Crippen LogP contribution is 2.20. The van der Waals surface area contributed by atoms with Gasteiger partial charge < -0.3 is 0 Å². The Morgan fingerprint density at radius 3 is 2.64 bits per heavy atom. The van der Waals surface area contributed by atoms with E-state index in [-0.39, 0.29) is 11.6 Å². The van der Waals surface area contributed by atoms with Crippen LogP contribution in [0.2, 0.25) is 0 Å². The van der Waals surface area contributed by atoms with E-state index in [0.29, 0.717) is 5.52 Å². The Balaban J connectivity index is 2.37. The van der Waals surface area contributed by atoms with Crippen molar-refractivity contribution in [1.82, 2.24) is 19.6 Å². The van der Waals surface area contributed by atoms with Gasteiger partial charge in [-0.1, -0.05) is 25.1 Å². The van der Waals surface area contributed by atoms with Crippen LogP contribution in [0.25, 0.3) is 16.6 Å². The van der Waals surface area contributed by atoms with Crippen molar-refractivity contribution in [3.8, 4) is 5.69 Å². The third-order valence-corrected chi connectivity index (χ3v) is 4.18. The van der Waals surface area contributed by atoms with Gasteiger partial charge in [0.2, 0.25) is 0 Å². The first-order chi connectivity index (χ1) is 10.5. The second-order valence-corrected chi connectivity index (χ2v) is 5.70. The third-order valence-electron chi connectivity index (χ3n) is 4.18. The molecule has 1 atom stereocenters. The highest BCUT2D eigenvalue weighted by atomic mass is 16.1. The van der Waals surface area contributed by atoms with Crippen molar-refractivity contribution in [2.75, 3.05) is 0 Å². The Bertz CT molecular complexity index is 891. The monoisotopic (exact) mass is 296 g/mol. The number of para-hydroxylation sites is 1. The standard InChI is InChI=1S/C17H20N4O/c1-5-12(3)20-17(22)16-14(13(4)19-20)10-18-21(16)15-9-7-6-8-11(15)2/h6-10,12H,5H2,1-4H3. The van der Waals surface area contributed by atoms with E-state index in [2.05, 4.69) is 17.1 Å². The second-order valence-electron chi connectivity index (χ2n) is 5.70. The molecule has 0 amide bonds. The summed E-state index contributed by atoms with van der Waals surface area (Å²) in [5.74, 6) is 0. The molecular weight excluding hydrogens is 276 g/mol. The van der Waals surface area contributed by atoms with Gasteiger partial charge in [0.1, 0.15) is 5.52 Å². The van der Waals surface area contributed by atoms with E-state index in [9.17, 15) is 4.79 Å². The normalized spacial score (nSPS) is 12.7. The molecule has 0 saturated heterocycles. The molecule has 22 heavy (non-hydrogen) atoms. The number of nitrogens with zero attached hydrogens (tertiary/aromatic N) is 4. The van der Waals surface area contributed by atoms with Crippen molar-refractivity contribution < 1.29 is 0 Å². The van der Waals surface area contributed by atoms with Crippen LogP contribution in [-0.4, -0.2) is 19.6 Å². The van der Waals surface area contributed by atoms with Gasteiger partial charge in [-0.3, -0.25) is 4.79 Å². The van der Waals surface area contributed by atoms with Crippen molar-refractivity contribution in [1.29, 1.82) is 0 Å². The molecule has 0 aliphatic heterocycles. The largest absolute Gasteiger partial charge is 0.293 e. The lowest BCUT2D eigenvalue weighted by molar-refractivity contribution is 0.453. The predicted molar refractivity (Wildman–Crippen MR) is 87.6 cm³/mol. The molecular formula is C17H20N4O. The van der Waals surface area contributed by atoms with Crippen LogP contribution in [0.1, 0.15) is 37.6 Å². The highest BCUT2D eigenvalue weighted by molar-refractivity contribution is 5.81. The number of fused-ring (bicyclic) bond motifs is 1. The van der Waals surface area contributed by atoms with Crippen LogP contribution in [-0.2, 0) is 0 Å². The molecule has 2 aromatic heterocycles. The molecule has 0 bridgehead atoms. The number of aromatic nitrogens is 4. The maximum Gasteiger partial charge on any atom is 0.293 e. The van der Waals surface area contributed by atoms with E-state index < -0.39 is 0 Å². The minimum Gasteiger partial charge on any atom is -0.265 e.